The number of ether oxygens (including phenoxy) is 3. The molecular weight excluding hydrogens is 396 g/mol. The number of carbonyl (C=O) groups excluding carboxylic acids is 2. The Bertz CT molecular complexity index is 729. The van der Waals surface area contributed by atoms with Crippen LogP contribution in [-0.2, 0) is 25.4 Å². The predicted octanol–water partition coefficient (Wildman–Crippen LogP) is 3.76. The molecule has 1 aromatic carbocycles. The van der Waals surface area contributed by atoms with E-state index in [4.69, 9.17) is 14.2 Å². The first kappa shape index (κ1) is 25.1. The van der Waals surface area contributed by atoms with Crippen LogP contribution in [0, 0.1) is 5.92 Å². The minimum atomic E-state index is -0.726. The number of esters is 1. The molecule has 0 spiro atoms. The van der Waals surface area contributed by atoms with Crippen LogP contribution >= 0.6 is 0 Å². The van der Waals surface area contributed by atoms with E-state index in [0.29, 0.717) is 19.6 Å². The molecule has 1 aromatic rings. The van der Waals surface area contributed by atoms with Crippen molar-refractivity contribution in [1.29, 1.82) is 0 Å². The number of nitrogens with zero attached hydrogens (tertiary/aromatic N) is 1. The molecule has 0 aromatic heterocycles. The number of methoxy groups -OCH3 is 1. The Kier molecular flexibility index (Phi) is 8.49. The highest BCUT2D eigenvalue weighted by molar-refractivity contribution is 5.76. The highest BCUT2D eigenvalue weighted by Gasteiger charge is 2.47. The largest absolute Gasteiger partial charge is 0.468 e. The molecule has 7 nitrogen and oxygen atoms in total. The van der Waals surface area contributed by atoms with E-state index in [-0.39, 0.29) is 24.0 Å². The zero-order chi connectivity index (χ0) is 23.2. The van der Waals surface area contributed by atoms with Crippen molar-refractivity contribution < 1.29 is 23.8 Å². The number of carbonyl (C=O) groups is 2. The minimum Gasteiger partial charge on any atom is -0.468 e. The Balaban J connectivity index is 1.98. The summed E-state index contributed by atoms with van der Waals surface area (Å²) in [6, 6.07) is 9.34. The van der Waals surface area contributed by atoms with Gasteiger partial charge in [-0.05, 0) is 65.5 Å². The molecule has 174 valence electrons. The molecule has 7 heteroatoms. The Hall–Kier alpha value is -2.12. The highest BCUT2D eigenvalue weighted by atomic mass is 16.6. The van der Waals surface area contributed by atoms with E-state index in [2.05, 4.69) is 12.2 Å². The van der Waals surface area contributed by atoms with Gasteiger partial charge < -0.3 is 19.5 Å². The van der Waals surface area contributed by atoms with Gasteiger partial charge in [-0.1, -0.05) is 37.3 Å². The van der Waals surface area contributed by atoms with Crippen LogP contribution < -0.4 is 5.32 Å². The third-order valence-corrected chi connectivity index (χ3v) is 5.52. The second-order valence-electron chi connectivity index (χ2n) is 9.66. The lowest BCUT2D eigenvalue weighted by atomic mass is 9.97. The molecule has 1 fully saturated rings. The van der Waals surface area contributed by atoms with E-state index >= 15 is 0 Å². The zero-order valence-electron chi connectivity index (χ0n) is 19.9. The first-order valence-electron chi connectivity index (χ1n) is 11.0. The zero-order valence-corrected chi connectivity index (χ0v) is 19.9. The molecule has 0 unspecified atom stereocenters. The van der Waals surface area contributed by atoms with Crippen LogP contribution in [0.5, 0.6) is 0 Å². The van der Waals surface area contributed by atoms with E-state index in [9.17, 15) is 9.59 Å². The first-order chi connectivity index (χ1) is 14.4. The van der Waals surface area contributed by atoms with Gasteiger partial charge in [0.15, 0.2) is 0 Å². The average Bonchev–Trinajstić information content (AvgIpc) is 3.01. The van der Waals surface area contributed by atoms with Gasteiger partial charge in [0.05, 0.1) is 19.8 Å². The Morgan fingerprint density at radius 3 is 2.48 bits per heavy atom. The second kappa shape index (κ2) is 10.5. The molecule has 0 aliphatic carbocycles. The van der Waals surface area contributed by atoms with Crippen molar-refractivity contribution in [3.05, 3.63) is 35.9 Å². The predicted molar refractivity (Wildman–Crippen MR) is 120 cm³/mol. The third kappa shape index (κ3) is 7.21. The minimum absolute atomic E-state index is 0.0997. The van der Waals surface area contributed by atoms with Gasteiger partial charge >= 0.3 is 12.1 Å². The number of hydrogen-bond acceptors (Lipinski definition) is 6. The maximum atomic E-state index is 12.9. The smallest absolute Gasteiger partial charge is 0.412 e. The fraction of sp³-hybridized carbons (Fsp3) is 0.667. The highest BCUT2D eigenvalue weighted by Crippen LogP contribution is 2.33. The topological polar surface area (TPSA) is 77.1 Å². The van der Waals surface area contributed by atoms with Crippen LogP contribution in [0.1, 0.15) is 53.5 Å². The van der Waals surface area contributed by atoms with Gasteiger partial charge in [0.1, 0.15) is 17.4 Å². The van der Waals surface area contributed by atoms with Gasteiger partial charge in [0, 0.05) is 0 Å². The Morgan fingerprint density at radius 1 is 1.26 bits per heavy atom. The summed E-state index contributed by atoms with van der Waals surface area (Å²) in [7, 11) is 1.40. The number of amides is 1. The maximum Gasteiger partial charge on any atom is 0.412 e. The van der Waals surface area contributed by atoms with Gasteiger partial charge in [-0.15, -0.1) is 0 Å². The molecule has 31 heavy (non-hydrogen) atoms. The van der Waals surface area contributed by atoms with Crippen LogP contribution in [0.3, 0.4) is 0 Å². The number of nitrogens with one attached hydrogen (secondary N) is 1. The number of rotatable bonds is 8. The van der Waals surface area contributed by atoms with Gasteiger partial charge in [-0.3, -0.25) is 9.69 Å². The van der Waals surface area contributed by atoms with Gasteiger partial charge in [-0.25, -0.2) is 4.79 Å². The van der Waals surface area contributed by atoms with Gasteiger partial charge in [0.25, 0.3) is 0 Å². The molecule has 1 aliphatic rings. The van der Waals surface area contributed by atoms with E-state index < -0.39 is 17.4 Å². The molecule has 1 heterocycles. The van der Waals surface area contributed by atoms with E-state index in [1.54, 1.807) is 4.90 Å². The lowest BCUT2D eigenvalue weighted by Gasteiger charge is -2.37. The average molecular weight is 435 g/mol. The van der Waals surface area contributed by atoms with Crippen LogP contribution in [0.25, 0.3) is 0 Å². The monoisotopic (exact) mass is 434 g/mol. The summed E-state index contributed by atoms with van der Waals surface area (Å²) in [5, 5.41) is 3.33. The lowest BCUT2D eigenvalue weighted by Crippen LogP contribution is -2.52. The maximum absolute atomic E-state index is 12.9. The summed E-state index contributed by atoms with van der Waals surface area (Å²) in [5.41, 5.74) is -0.229. The van der Waals surface area contributed by atoms with Crippen LogP contribution in [0.15, 0.2) is 30.3 Å². The molecular formula is C24H38N2O5. The molecule has 1 saturated heterocycles. The lowest BCUT2D eigenvalue weighted by molar-refractivity contribution is -0.143. The molecule has 2 rings (SSSR count). The molecule has 1 N–H and O–H groups in total. The van der Waals surface area contributed by atoms with E-state index in [0.717, 1.165) is 12.0 Å². The van der Waals surface area contributed by atoms with Crippen LogP contribution in [0.4, 0.5) is 4.79 Å². The summed E-state index contributed by atoms with van der Waals surface area (Å²) in [4.78, 5) is 26.8. The molecule has 0 radical (unpaired) electrons. The summed E-state index contributed by atoms with van der Waals surface area (Å²) in [6.07, 6.45) is 0.966. The molecule has 0 saturated carbocycles. The quantitative estimate of drug-likeness (QED) is 0.628. The molecule has 0 bridgehead atoms. The molecule has 1 amide bonds. The Labute approximate surface area is 186 Å². The molecule has 1 aliphatic heterocycles. The third-order valence-electron chi connectivity index (χ3n) is 5.52. The summed E-state index contributed by atoms with van der Waals surface area (Å²) < 4.78 is 16.5. The second-order valence-corrected chi connectivity index (χ2v) is 9.66. The van der Waals surface area contributed by atoms with Gasteiger partial charge in [-0.2, -0.15) is 0 Å². The number of hydrogen-bond donors (Lipinski definition) is 1. The molecule has 3 atom stereocenters. The summed E-state index contributed by atoms with van der Waals surface area (Å²) >= 11 is 0. The van der Waals surface area contributed by atoms with Gasteiger partial charge in [0.2, 0.25) is 0 Å². The van der Waals surface area contributed by atoms with Crippen molar-refractivity contribution in [3.8, 4) is 0 Å². The summed E-state index contributed by atoms with van der Waals surface area (Å²) in [5.74, 6) is -0.131. The van der Waals surface area contributed by atoms with Crippen molar-refractivity contribution in [3.63, 3.8) is 0 Å². The van der Waals surface area contributed by atoms with Crippen molar-refractivity contribution in [2.45, 2.75) is 77.8 Å². The fourth-order valence-corrected chi connectivity index (χ4v) is 3.83. The standard InChI is InChI=1S/C24H38N2O5/c1-17(20-16-30-24(5,6)26(20)22(28)31-23(2,3)4)13-14-25-19(21(27)29-7)15-18-11-9-8-10-12-18/h8-12,17,19-20,25H,13-16H2,1-7H3/t17-,19+,20-/m1/s1. The first-order valence-corrected chi connectivity index (χ1v) is 11.0. The Morgan fingerprint density at radius 2 is 1.90 bits per heavy atom. The van der Waals surface area contributed by atoms with Crippen molar-refractivity contribution in [1.82, 2.24) is 10.2 Å². The summed E-state index contributed by atoms with van der Waals surface area (Å²) in [6.45, 7) is 12.5. The van der Waals surface area contributed by atoms with Crippen LogP contribution in [0.2, 0.25) is 0 Å². The normalized spacial score (nSPS) is 20.2. The number of benzene rings is 1. The van der Waals surface area contributed by atoms with Crippen LogP contribution in [-0.4, -0.2) is 60.6 Å². The van der Waals surface area contributed by atoms with Crippen molar-refractivity contribution >= 4 is 12.1 Å². The van der Waals surface area contributed by atoms with E-state index in [1.807, 2.05) is 65.0 Å². The fourth-order valence-electron chi connectivity index (χ4n) is 3.83. The van der Waals surface area contributed by atoms with Crippen molar-refractivity contribution in [2.75, 3.05) is 20.3 Å². The SMILES string of the molecule is COC(=O)[C@H](Cc1ccccc1)NCC[C@@H](C)[C@H]1COC(C)(C)N1C(=O)OC(C)(C)C. The van der Waals surface area contributed by atoms with E-state index in [1.165, 1.54) is 7.11 Å². The van der Waals surface area contributed by atoms with Crippen molar-refractivity contribution in [2.24, 2.45) is 5.92 Å².